The molecule has 5 aromatic rings. The van der Waals surface area contributed by atoms with E-state index in [1.165, 1.54) is 17.4 Å². The minimum atomic E-state index is -0.305. The fourth-order valence-electron chi connectivity index (χ4n) is 5.68. The summed E-state index contributed by atoms with van der Waals surface area (Å²) in [5.74, 6) is -0.477. The van der Waals surface area contributed by atoms with Crippen molar-refractivity contribution in [1.29, 1.82) is 0 Å². The molecule has 1 N–H and O–H groups in total. The first-order valence-corrected chi connectivity index (χ1v) is 16.9. The molecule has 0 radical (unpaired) electrons. The van der Waals surface area contributed by atoms with Gasteiger partial charge < -0.3 is 10.2 Å². The van der Waals surface area contributed by atoms with Gasteiger partial charge in [-0.25, -0.2) is 4.98 Å². The third kappa shape index (κ3) is 6.94. The predicted octanol–water partition coefficient (Wildman–Crippen LogP) is 10.0. The van der Waals surface area contributed by atoms with Gasteiger partial charge in [0.1, 0.15) is 15.2 Å². The molecule has 0 atom stereocenters. The Balaban J connectivity index is 1.26. The van der Waals surface area contributed by atoms with E-state index in [0.717, 1.165) is 16.7 Å². The van der Waals surface area contributed by atoms with Crippen LogP contribution in [0.1, 0.15) is 51.3 Å². The van der Waals surface area contributed by atoms with Crippen LogP contribution in [0.15, 0.2) is 73.1 Å². The molecule has 1 saturated carbocycles. The van der Waals surface area contributed by atoms with Crippen LogP contribution in [0, 0.1) is 0 Å². The fraction of sp³-hybridized carbons (Fsp3) is 0.212. The minimum Gasteiger partial charge on any atom is -0.349 e. The predicted molar refractivity (Wildman–Crippen MR) is 184 cm³/mol. The number of aromatic nitrogens is 2. The van der Waals surface area contributed by atoms with Crippen molar-refractivity contribution in [2.45, 2.75) is 44.3 Å². The largest absolute Gasteiger partial charge is 0.349 e. The summed E-state index contributed by atoms with van der Waals surface area (Å²) in [7, 11) is 0. The molecule has 3 aromatic heterocycles. The van der Waals surface area contributed by atoms with Crippen LogP contribution in [0.2, 0.25) is 25.4 Å². The number of fused-ring (bicyclic) bond motifs is 1. The number of nitrogens with zero attached hydrogens (tertiary/aromatic N) is 3. The van der Waals surface area contributed by atoms with Gasteiger partial charge in [0, 0.05) is 36.4 Å². The van der Waals surface area contributed by atoms with Crippen LogP contribution in [0.5, 0.6) is 0 Å². The smallest absolute Gasteiger partial charge is 0.266 e. The number of rotatable bonds is 7. The summed E-state index contributed by atoms with van der Waals surface area (Å²) in [6, 6.07) is 18.5. The number of carbonyl (C=O) groups excluding carboxylic acids is 2. The third-order valence-corrected chi connectivity index (χ3v) is 11.1. The van der Waals surface area contributed by atoms with Crippen LogP contribution in [0.4, 0.5) is 0 Å². The van der Waals surface area contributed by atoms with Crippen molar-refractivity contribution >= 4 is 91.2 Å². The van der Waals surface area contributed by atoms with Gasteiger partial charge in [0.05, 0.1) is 25.3 Å². The quantitative estimate of drug-likeness (QED) is 0.170. The van der Waals surface area contributed by atoms with Crippen LogP contribution < -0.4 is 5.32 Å². The highest BCUT2D eigenvalue weighted by Crippen LogP contribution is 2.43. The molecule has 3 heterocycles. The summed E-state index contributed by atoms with van der Waals surface area (Å²) >= 11 is 32.9. The number of carbonyl (C=O) groups is 2. The number of benzene rings is 2. The van der Waals surface area contributed by atoms with Gasteiger partial charge in [0.2, 0.25) is 0 Å². The van der Waals surface area contributed by atoms with Crippen molar-refractivity contribution in [3.05, 3.63) is 114 Å². The van der Waals surface area contributed by atoms with Gasteiger partial charge in [-0.1, -0.05) is 82.3 Å². The van der Waals surface area contributed by atoms with E-state index in [4.69, 9.17) is 58.0 Å². The molecule has 6 nitrogen and oxygen atoms in total. The molecule has 0 bridgehead atoms. The van der Waals surface area contributed by atoms with Gasteiger partial charge in [-0.15, -0.1) is 11.3 Å². The number of pyridine rings is 2. The SMILES string of the molecule is O=C(NC1CCC(N(Cc2cccc(-c3ccncc3)c2)C(=O)c2sc3c(Cl)c(Cl)ccc3c2Cl)CC1)c1ccc(Cl)nc1Cl. The number of hydrogen-bond acceptors (Lipinski definition) is 5. The first-order valence-electron chi connectivity index (χ1n) is 14.2. The molecule has 0 aliphatic heterocycles. The van der Waals surface area contributed by atoms with Gasteiger partial charge in [-0.2, -0.15) is 0 Å². The molecular formula is C33H25Cl5N4O2S. The Morgan fingerprint density at radius 1 is 0.867 bits per heavy atom. The van der Waals surface area contributed by atoms with Crippen LogP contribution in [-0.4, -0.2) is 38.8 Å². The molecule has 6 rings (SSSR count). The summed E-state index contributed by atoms with van der Waals surface area (Å²) in [6.07, 6.45) is 6.24. The van der Waals surface area contributed by atoms with Crippen molar-refractivity contribution in [1.82, 2.24) is 20.2 Å². The monoisotopic (exact) mass is 716 g/mol. The molecule has 2 amide bonds. The maximum absolute atomic E-state index is 14.4. The molecule has 1 aliphatic carbocycles. The lowest BCUT2D eigenvalue weighted by molar-refractivity contribution is 0.0597. The lowest BCUT2D eigenvalue weighted by Crippen LogP contribution is -2.46. The second-order valence-electron chi connectivity index (χ2n) is 10.8. The molecule has 1 aliphatic rings. The summed E-state index contributed by atoms with van der Waals surface area (Å²) in [6.45, 7) is 0.380. The molecule has 230 valence electrons. The van der Waals surface area contributed by atoms with Crippen molar-refractivity contribution in [3.63, 3.8) is 0 Å². The summed E-state index contributed by atoms with van der Waals surface area (Å²) < 4.78 is 0.680. The van der Waals surface area contributed by atoms with Gasteiger partial charge >= 0.3 is 0 Å². The van der Waals surface area contributed by atoms with E-state index >= 15 is 0 Å². The highest BCUT2D eigenvalue weighted by atomic mass is 35.5. The Kier molecular flexibility index (Phi) is 9.85. The zero-order valence-electron chi connectivity index (χ0n) is 23.6. The second-order valence-corrected chi connectivity index (χ2v) is 13.7. The van der Waals surface area contributed by atoms with E-state index in [1.54, 1.807) is 30.6 Å². The van der Waals surface area contributed by atoms with Crippen LogP contribution in [-0.2, 0) is 6.54 Å². The van der Waals surface area contributed by atoms with Crippen LogP contribution in [0.25, 0.3) is 21.2 Å². The molecule has 0 spiro atoms. The van der Waals surface area contributed by atoms with E-state index in [-0.39, 0.29) is 39.8 Å². The van der Waals surface area contributed by atoms with Crippen molar-refractivity contribution in [3.8, 4) is 11.1 Å². The van der Waals surface area contributed by atoms with Gasteiger partial charge in [0.15, 0.2) is 0 Å². The topological polar surface area (TPSA) is 75.2 Å². The Bertz CT molecular complexity index is 1890. The molecule has 1 fully saturated rings. The number of halogens is 5. The second kappa shape index (κ2) is 13.8. The lowest BCUT2D eigenvalue weighted by Gasteiger charge is -2.37. The number of hydrogen-bond donors (Lipinski definition) is 1. The fourth-order valence-corrected chi connectivity index (χ4v) is 8.10. The standard InChI is InChI=1S/C33H25Cl5N4O2S/c34-25-10-8-23-27(36)30(45-29(23)28(25)37)33(44)42(17-18-2-1-3-20(16-18)19-12-14-39-15-13-19)22-6-4-21(5-7-22)40-32(43)24-9-11-26(35)41-31(24)38/h1-3,8-16,21-22H,4-7,17H2,(H,40,43). The van der Waals surface area contributed by atoms with Gasteiger partial charge in [-0.05, 0) is 78.8 Å². The number of amides is 2. The molecule has 2 aromatic carbocycles. The van der Waals surface area contributed by atoms with Crippen molar-refractivity contribution in [2.24, 2.45) is 0 Å². The van der Waals surface area contributed by atoms with E-state index in [0.29, 0.717) is 62.3 Å². The summed E-state index contributed by atoms with van der Waals surface area (Å²) in [5, 5.41) is 5.19. The highest BCUT2D eigenvalue weighted by Gasteiger charge is 2.33. The average molecular weight is 719 g/mol. The molecular weight excluding hydrogens is 694 g/mol. The molecule has 0 saturated heterocycles. The van der Waals surface area contributed by atoms with E-state index in [2.05, 4.69) is 21.4 Å². The number of thiophene rings is 1. The van der Waals surface area contributed by atoms with E-state index < -0.39 is 0 Å². The average Bonchev–Trinajstić information content (AvgIpc) is 3.39. The summed E-state index contributed by atoms with van der Waals surface area (Å²) in [5.41, 5.74) is 3.32. The third-order valence-electron chi connectivity index (χ3n) is 7.97. The number of nitrogens with one attached hydrogen (secondary N) is 1. The highest BCUT2D eigenvalue weighted by molar-refractivity contribution is 7.22. The van der Waals surface area contributed by atoms with Crippen molar-refractivity contribution in [2.75, 3.05) is 0 Å². The molecule has 12 heteroatoms. The Morgan fingerprint density at radius 2 is 1.62 bits per heavy atom. The first-order chi connectivity index (χ1) is 21.7. The molecule has 45 heavy (non-hydrogen) atoms. The maximum atomic E-state index is 14.4. The van der Waals surface area contributed by atoms with Crippen LogP contribution >= 0.6 is 69.3 Å². The van der Waals surface area contributed by atoms with Gasteiger partial charge in [0.25, 0.3) is 11.8 Å². The first kappa shape index (κ1) is 32.0. The molecule has 0 unspecified atom stereocenters. The van der Waals surface area contributed by atoms with Crippen molar-refractivity contribution < 1.29 is 9.59 Å². The van der Waals surface area contributed by atoms with E-state index in [9.17, 15) is 9.59 Å². The Labute approximate surface area is 289 Å². The van der Waals surface area contributed by atoms with E-state index in [1.807, 2.05) is 35.2 Å². The lowest BCUT2D eigenvalue weighted by atomic mass is 9.89. The zero-order valence-corrected chi connectivity index (χ0v) is 28.2. The maximum Gasteiger partial charge on any atom is 0.266 e. The van der Waals surface area contributed by atoms with Crippen LogP contribution in [0.3, 0.4) is 0 Å². The normalized spacial score (nSPS) is 16.5. The Hall–Kier alpha value is -2.91. The van der Waals surface area contributed by atoms with Gasteiger partial charge in [-0.3, -0.25) is 14.6 Å². The Morgan fingerprint density at radius 3 is 2.36 bits per heavy atom. The summed E-state index contributed by atoms with van der Waals surface area (Å²) in [4.78, 5) is 37.7. The zero-order chi connectivity index (χ0) is 31.7. The minimum absolute atomic E-state index is 0.0565.